The van der Waals surface area contributed by atoms with E-state index in [9.17, 15) is 14.0 Å². The maximum absolute atomic E-state index is 14.2. The van der Waals surface area contributed by atoms with Gasteiger partial charge in [0.05, 0.1) is 0 Å². The second-order valence-electron chi connectivity index (χ2n) is 7.28. The van der Waals surface area contributed by atoms with Crippen molar-refractivity contribution in [1.29, 1.82) is 0 Å². The van der Waals surface area contributed by atoms with Gasteiger partial charge in [-0.3, -0.25) is 10.1 Å². The molecule has 1 heterocycles. The van der Waals surface area contributed by atoms with Crippen molar-refractivity contribution in [2.75, 3.05) is 32.5 Å². The normalized spacial score (nSPS) is 10.9. The molecule has 0 fully saturated rings. The molecule has 0 unspecified atom stereocenters. The Morgan fingerprint density at radius 1 is 1.27 bits per heavy atom. The molecule has 0 atom stereocenters. The first-order chi connectivity index (χ1) is 14.2. The van der Waals surface area contributed by atoms with Gasteiger partial charge in [0.1, 0.15) is 23.0 Å². The maximum atomic E-state index is 14.2. The van der Waals surface area contributed by atoms with Gasteiger partial charge >= 0.3 is 6.03 Å². The van der Waals surface area contributed by atoms with Gasteiger partial charge in [-0.25, -0.2) is 9.18 Å². The molecule has 4 N–H and O–H groups in total. The van der Waals surface area contributed by atoms with Crippen LogP contribution in [0.3, 0.4) is 0 Å². The topological polar surface area (TPSA) is 110 Å². The van der Waals surface area contributed by atoms with Crippen LogP contribution in [0.25, 0.3) is 0 Å². The zero-order valence-corrected chi connectivity index (χ0v) is 18.5. The van der Waals surface area contributed by atoms with Crippen LogP contribution in [0.1, 0.15) is 39.9 Å². The molecule has 0 aliphatic rings. The number of halogens is 1. The van der Waals surface area contributed by atoms with Crippen LogP contribution < -0.4 is 21.1 Å². The van der Waals surface area contributed by atoms with Crippen molar-refractivity contribution >= 4 is 28.5 Å². The summed E-state index contributed by atoms with van der Waals surface area (Å²) in [6.45, 7) is 4.91. The van der Waals surface area contributed by atoms with Crippen LogP contribution in [0.4, 0.5) is 14.2 Å². The molecular formula is C20H28FN5O3S. The summed E-state index contributed by atoms with van der Waals surface area (Å²) in [5, 5.41) is 5.49. The Balaban J connectivity index is 2.00. The van der Waals surface area contributed by atoms with Crippen LogP contribution in [0.5, 0.6) is 5.88 Å². The largest absolute Gasteiger partial charge is 0.471 e. The second-order valence-corrected chi connectivity index (χ2v) is 8.05. The summed E-state index contributed by atoms with van der Waals surface area (Å²) in [7, 11) is 3.98. The third-order valence-corrected chi connectivity index (χ3v) is 5.11. The molecule has 1 aromatic carbocycles. The zero-order valence-electron chi connectivity index (χ0n) is 17.7. The number of nitrogens with two attached hydrogens (primary N) is 1. The van der Waals surface area contributed by atoms with E-state index in [4.69, 9.17) is 10.5 Å². The highest BCUT2D eigenvalue weighted by molar-refractivity contribution is 7.11. The number of carbonyl (C=O) groups excluding carboxylic acids is 2. The van der Waals surface area contributed by atoms with Gasteiger partial charge in [-0.05, 0) is 76.1 Å². The van der Waals surface area contributed by atoms with E-state index in [1.165, 1.54) is 6.07 Å². The van der Waals surface area contributed by atoms with E-state index < -0.39 is 17.8 Å². The van der Waals surface area contributed by atoms with Gasteiger partial charge in [0.2, 0.25) is 5.88 Å². The average Bonchev–Trinajstić information content (AvgIpc) is 3.02. The molecule has 1 aromatic heterocycles. The summed E-state index contributed by atoms with van der Waals surface area (Å²) < 4.78 is 23.8. The van der Waals surface area contributed by atoms with Gasteiger partial charge in [-0.2, -0.15) is 4.37 Å². The number of urea groups is 1. The van der Waals surface area contributed by atoms with E-state index in [2.05, 4.69) is 19.9 Å². The Morgan fingerprint density at radius 2 is 2.00 bits per heavy atom. The fraction of sp³-hybridized carbons (Fsp3) is 0.450. The maximum Gasteiger partial charge on any atom is 0.319 e. The van der Waals surface area contributed by atoms with Crippen molar-refractivity contribution in [3.8, 4) is 5.88 Å². The minimum absolute atomic E-state index is 0.0341. The lowest BCUT2D eigenvalue weighted by Crippen LogP contribution is -2.30. The first-order valence-corrected chi connectivity index (χ1v) is 10.3. The minimum Gasteiger partial charge on any atom is -0.471 e. The number of ether oxygens (including phenoxy) is 1. The number of unbranched alkanes of at least 4 members (excludes halogenated alkanes) is 1. The fourth-order valence-corrected chi connectivity index (χ4v) is 3.58. The molecule has 0 spiro atoms. The van der Waals surface area contributed by atoms with Crippen molar-refractivity contribution in [2.24, 2.45) is 5.73 Å². The second kappa shape index (κ2) is 10.9. The third kappa shape index (κ3) is 6.67. The van der Waals surface area contributed by atoms with Crippen LogP contribution in [-0.2, 0) is 6.61 Å². The molecular weight excluding hydrogens is 409 g/mol. The predicted octanol–water partition coefficient (Wildman–Crippen LogP) is 3.04. The lowest BCUT2D eigenvalue weighted by Gasteiger charge is -2.11. The molecule has 164 valence electrons. The van der Waals surface area contributed by atoms with Crippen molar-refractivity contribution in [2.45, 2.75) is 33.3 Å². The summed E-state index contributed by atoms with van der Waals surface area (Å²) in [6.07, 6.45) is 1.78. The van der Waals surface area contributed by atoms with Crippen molar-refractivity contribution in [3.63, 3.8) is 0 Å². The zero-order chi connectivity index (χ0) is 22.3. The van der Waals surface area contributed by atoms with E-state index in [0.29, 0.717) is 12.1 Å². The van der Waals surface area contributed by atoms with E-state index in [-0.39, 0.29) is 23.1 Å². The fourth-order valence-electron chi connectivity index (χ4n) is 2.85. The number of aromatic nitrogens is 1. The van der Waals surface area contributed by atoms with Gasteiger partial charge in [-0.1, -0.05) is 6.07 Å². The number of hydrogen-bond acceptors (Lipinski definition) is 6. The number of nitrogens with one attached hydrogen (secondary N) is 2. The molecule has 30 heavy (non-hydrogen) atoms. The third-order valence-electron chi connectivity index (χ3n) is 4.37. The number of anilines is 1. The lowest BCUT2D eigenvalue weighted by atomic mass is 10.1. The Kier molecular flexibility index (Phi) is 8.55. The summed E-state index contributed by atoms with van der Waals surface area (Å²) in [5.74, 6) is -1.22. The van der Waals surface area contributed by atoms with Crippen molar-refractivity contribution in [1.82, 2.24) is 14.6 Å². The number of amides is 3. The number of nitrogens with zero attached hydrogens (tertiary/aromatic N) is 2. The molecule has 8 nitrogen and oxygen atoms in total. The number of carbonyl (C=O) groups is 2. The van der Waals surface area contributed by atoms with E-state index >= 15 is 0 Å². The quantitative estimate of drug-likeness (QED) is 0.495. The van der Waals surface area contributed by atoms with Gasteiger partial charge in [0, 0.05) is 12.1 Å². The van der Waals surface area contributed by atoms with Crippen LogP contribution in [0.15, 0.2) is 12.1 Å². The van der Waals surface area contributed by atoms with Gasteiger partial charge < -0.3 is 20.7 Å². The van der Waals surface area contributed by atoms with Crippen LogP contribution in [0, 0.1) is 19.7 Å². The summed E-state index contributed by atoms with van der Waals surface area (Å²) >= 11 is 0.878. The van der Waals surface area contributed by atoms with E-state index in [0.717, 1.165) is 42.0 Å². The van der Waals surface area contributed by atoms with Gasteiger partial charge in [0.15, 0.2) is 0 Å². The number of aryl methyl sites for hydroxylation is 2. The Labute approximate surface area is 179 Å². The molecule has 0 radical (unpaired) electrons. The predicted molar refractivity (Wildman–Crippen MR) is 116 cm³/mol. The highest BCUT2D eigenvalue weighted by Gasteiger charge is 2.22. The molecule has 0 saturated carbocycles. The highest BCUT2D eigenvalue weighted by Crippen LogP contribution is 2.31. The standard InChI is InChI=1S/C20H28FN5O3S/c1-12-9-13(2)14(15(21)10-12)11-29-18-16(17(22)27)19(30-25-18)24-20(28)23-7-5-6-8-26(3)4/h9-10H,5-8,11H2,1-4H3,(H2,22,27)(H2,23,24,28). The smallest absolute Gasteiger partial charge is 0.319 e. The molecule has 2 rings (SSSR count). The monoisotopic (exact) mass is 437 g/mol. The molecule has 0 saturated heterocycles. The van der Waals surface area contributed by atoms with Crippen LogP contribution >= 0.6 is 11.5 Å². The van der Waals surface area contributed by atoms with Gasteiger partial charge in [-0.15, -0.1) is 0 Å². The average molecular weight is 438 g/mol. The van der Waals surface area contributed by atoms with Crippen LogP contribution in [-0.4, -0.2) is 48.4 Å². The molecule has 2 aromatic rings. The highest BCUT2D eigenvalue weighted by atomic mass is 32.1. The van der Waals surface area contributed by atoms with Gasteiger partial charge in [0.25, 0.3) is 5.91 Å². The number of benzene rings is 1. The SMILES string of the molecule is Cc1cc(C)c(COc2nsc(NC(=O)NCCCCN(C)C)c2C(N)=O)c(F)c1. The Bertz CT molecular complexity index is 878. The molecule has 0 aliphatic carbocycles. The summed E-state index contributed by atoms with van der Waals surface area (Å²) in [6, 6.07) is 2.80. The summed E-state index contributed by atoms with van der Waals surface area (Å²) in [5.41, 5.74) is 7.32. The molecule has 3 amide bonds. The lowest BCUT2D eigenvalue weighted by molar-refractivity contribution is 0.0996. The number of rotatable bonds is 10. The van der Waals surface area contributed by atoms with E-state index in [1.54, 1.807) is 13.8 Å². The van der Waals surface area contributed by atoms with Crippen LogP contribution in [0.2, 0.25) is 0 Å². The molecule has 0 aliphatic heterocycles. The van der Waals surface area contributed by atoms with Crippen molar-refractivity contribution in [3.05, 3.63) is 40.2 Å². The minimum atomic E-state index is -0.791. The molecule has 10 heteroatoms. The first kappa shape index (κ1) is 23.6. The Hall–Kier alpha value is -2.72. The first-order valence-electron chi connectivity index (χ1n) is 9.56. The number of primary amides is 1. The van der Waals surface area contributed by atoms with E-state index in [1.807, 2.05) is 20.2 Å². The molecule has 0 bridgehead atoms. The van der Waals surface area contributed by atoms with Crippen molar-refractivity contribution < 1.29 is 18.7 Å². The summed E-state index contributed by atoms with van der Waals surface area (Å²) in [4.78, 5) is 26.1. The Morgan fingerprint density at radius 3 is 2.63 bits per heavy atom. The number of hydrogen-bond donors (Lipinski definition) is 3.